The molecule has 0 radical (unpaired) electrons. The molecule has 88 valence electrons. The lowest BCUT2D eigenvalue weighted by molar-refractivity contribution is 0.101. The number of hydrogen-bond acceptors (Lipinski definition) is 3. The van der Waals surface area contributed by atoms with Gasteiger partial charge in [0, 0.05) is 5.02 Å². The largest absolute Gasteiger partial charge is 0.496 e. The fourth-order valence-corrected chi connectivity index (χ4v) is 2.03. The zero-order chi connectivity index (χ0) is 12.1. The molecule has 0 aliphatic rings. The molecule has 0 fully saturated rings. The predicted octanol–water partition coefficient (Wildman–Crippen LogP) is 3.67. The van der Waals surface area contributed by atoms with E-state index in [2.05, 4.69) is 13.8 Å². The van der Waals surface area contributed by atoms with Crippen LogP contribution >= 0.6 is 23.4 Å². The normalized spacial score (nSPS) is 10.6. The van der Waals surface area contributed by atoms with Crippen LogP contribution in [0.4, 0.5) is 0 Å². The molecule has 0 heterocycles. The van der Waals surface area contributed by atoms with Crippen LogP contribution in [-0.2, 0) is 0 Å². The molecular formula is C12H15ClO2S. The van der Waals surface area contributed by atoms with Gasteiger partial charge < -0.3 is 4.74 Å². The van der Waals surface area contributed by atoms with E-state index in [1.54, 1.807) is 37.1 Å². The lowest BCUT2D eigenvalue weighted by Crippen LogP contribution is -2.07. The van der Waals surface area contributed by atoms with Gasteiger partial charge in [-0.3, -0.25) is 4.79 Å². The molecule has 0 amide bonds. The zero-order valence-corrected chi connectivity index (χ0v) is 11.2. The van der Waals surface area contributed by atoms with Crippen molar-refractivity contribution in [1.29, 1.82) is 0 Å². The standard InChI is InChI=1S/C12H15ClO2S/c1-8(2)16-7-11(14)10-6-9(13)4-5-12(10)15-3/h4-6,8H,7H2,1-3H3. The van der Waals surface area contributed by atoms with E-state index in [1.165, 1.54) is 0 Å². The molecule has 1 aromatic carbocycles. The number of Topliss-reactive ketones (excluding diaryl/α,β-unsaturated/α-hetero) is 1. The molecule has 0 aromatic heterocycles. The Kier molecular flexibility index (Phi) is 5.16. The van der Waals surface area contributed by atoms with Gasteiger partial charge >= 0.3 is 0 Å². The topological polar surface area (TPSA) is 26.3 Å². The zero-order valence-electron chi connectivity index (χ0n) is 9.62. The first-order chi connectivity index (χ1) is 7.54. The second-order valence-corrected chi connectivity index (χ2v) is 5.63. The van der Waals surface area contributed by atoms with Crippen LogP contribution in [0.1, 0.15) is 24.2 Å². The van der Waals surface area contributed by atoms with Gasteiger partial charge in [0.1, 0.15) is 5.75 Å². The first kappa shape index (κ1) is 13.4. The first-order valence-electron chi connectivity index (χ1n) is 5.03. The van der Waals surface area contributed by atoms with Crippen LogP contribution in [0.5, 0.6) is 5.75 Å². The van der Waals surface area contributed by atoms with Crippen molar-refractivity contribution >= 4 is 29.1 Å². The Morgan fingerprint density at radius 1 is 1.50 bits per heavy atom. The van der Waals surface area contributed by atoms with Crippen LogP contribution in [0.15, 0.2) is 18.2 Å². The Bertz CT molecular complexity index is 377. The predicted molar refractivity (Wildman–Crippen MR) is 69.9 cm³/mol. The van der Waals surface area contributed by atoms with E-state index in [9.17, 15) is 4.79 Å². The highest BCUT2D eigenvalue weighted by atomic mass is 35.5. The minimum absolute atomic E-state index is 0.0537. The fourth-order valence-electron chi connectivity index (χ4n) is 1.22. The molecule has 0 aliphatic carbocycles. The molecule has 0 atom stereocenters. The highest BCUT2D eigenvalue weighted by molar-refractivity contribution is 8.00. The molecule has 0 saturated carbocycles. The molecule has 0 spiro atoms. The Hall–Kier alpha value is -0.670. The number of benzene rings is 1. The third-order valence-electron chi connectivity index (χ3n) is 2.01. The van der Waals surface area contributed by atoms with Crippen LogP contribution < -0.4 is 4.74 Å². The van der Waals surface area contributed by atoms with E-state index >= 15 is 0 Å². The second kappa shape index (κ2) is 6.16. The maximum Gasteiger partial charge on any atom is 0.176 e. The van der Waals surface area contributed by atoms with Gasteiger partial charge in [0.25, 0.3) is 0 Å². The van der Waals surface area contributed by atoms with Crippen molar-refractivity contribution in [2.75, 3.05) is 12.9 Å². The maximum absolute atomic E-state index is 11.9. The summed E-state index contributed by atoms with van der Waals surface area (Å²) < 4.78 is 5.14. The van der Waals surface area contributed by atoms with Gasteiger partial charge in [0.15, 0.2) is 5.78 Å². The highest BCUT2D eigenvalue weighted by Gasteiger charge is 2.13. The highest BCUT2D eigenvalue weighted by Crippen LogP contribution is 2.24. The summed E-state index contributed by atoms with van der Waals surface area (Å²) in [6.07, 6.45) is 0. The Morgan fingerprint density at radius 3 is 2.75 bits per heavy atom. The van der Waals surface area contributed by atoms with Crippen LogP contribution in [-0.4, -0.2) is 23.9 Å². The van der Waals surface area contributed by atoms with Crippen LogP contribution in [0.2, 0.25) is 5.02 Å². The summed E-state index contributed by atoms with van der Waals surface area (Å²) in [5.41, 5.74) is 0.558. The Morgan fingerprint density at radius 2 is 2.19 bits per heavy atom. The van der Waals surface area contributed by atoms with Gasteiger partial charge in [-0.1, -0.05) is 25.4 Å². The second-order valence-electron chi connectivity index (χ2n) is 3.63. The number of carbonyl (C=O) groups is 1. The van der Waals surface area contributed by atoms with Crippen molar-refractivity contribution in [3.63, 3.8) is 0 Å². The summed E-state index contributed by atoms with van der Waals surface area (Å²) in [5, 5.41) is 0.993. The van der Waals surface area contributed by atoms with Crippen molar-refractivity contribution < 1.29 is 9.53 Å². The average molecular weight is 259 g/mol. The van der Waals surface area contributed by atoms with Gasteiger partial charge in [0.05, 0.1) is 18.4 Å². The van der Waals surface area contributed by atoms with Gasteiger partial charge in [-0.2, -0.15) is 11.8 Å². The van der Waals surface area contributed by atoms with Crippen molar-refractivity contribution in [3.05, 3.63) is 28.8 Å². The molecule has 16 heavy (non-hydrogen) atoms. The SMILES string of the molecule is COc1ccc(Cl)cc1C(=O)CSC(C)C. The Labute approximate surface area is 105 Å². The summed E-state index contributed by atoms with van der Waals surface area (Å²) in [4.78, 5) is 11.9. The van der Waals surface area contributed by atoms with Gasteiger partial charge in [-0.25, -0.2) is 0 Å². The van der Waals surface area contributed by atoms with E-state index < -0.39 is 0 Å². The molecule has 0 N–H and O–H groups in total. The van der Waals surface area contributed by atoms with Crippen molar-refractivity contribution in [2.45, 2.75) is 19.1 Å². The third kappa shape index (κ3) is 3.72. The number of carbonyl (C=O) groups excluding carboxylic acids is 1. The van der Waals surface area contributed by atoms with E-state index in [0.29, 0.717) is 27.3 Å². The molecule has 0 aliphatic heterocycles. The molecule has 1 rings (SSSR count). The molecule has 0 bridgehead atoms. The fraction of sp³-hybridized carbons (Fsp3) is 0.417. The first-order valence-corrected chi connectivity index (χ1v) is 6.45. The molecule has 2 nitrogen and oxygen atoms in total. The number of methoxy groups -OCH3 is 1. The number of rotatable bonds is 5. The molecule has 1 aromatic rings. The summed E-state index contributed by atoms with van der Waals surface area (Å²) in [6.45, 7) is 4.13. The minimum Gasteiger partial charge on any atom is -0.496 e. The van der Waals surface area contributed by atoms with E-state index in [0.717, 1.165) is 0 Å². The quantitative estimate of drug-likeness (QED) is 0.754. The van der Waals surface area contributed by atoms with Crippen LogP contribution in [0.3, 0.4) is 0 Å². The monoisotopic (exact) mass is 258 g/mol. The summed E-state index contributed by atoms with van der Waals surface area (Å²) >= 11 is 7.48. The maximum atomic E-state index is 11.9. The Balaban J connectivity index is 2.84. The molecule has 4 heteroatoms. The third-order valence-corrected chi connectivity index (χ3v) is 3.34. The van der Waals surface area contributed by atoms with Crippen LogP contribution in [0, 0.1) is 0 Å². The summed E-state index contributed by atoms with van der Waals surface area (Å²) in [6, 6.07) is 5.09. The lowest BCUT2D eigenvalue weighted by atomic mass is 10.1. The number of ketones is 1. The van der Waals surface area contributed by atoms with Crippen molar-refractivity contribution in [2.24, 2.45) is 0 Å². The molecule has 0 unspecified atom stereocenters. The summed E-state index contributed by atoms with van der Waals surface area (Å²) in [7, 11) is 1.55. The average Bonchev–Trinajstić information content (AvgIpc) is 2.25. The number of ether oxygens (including phenoxy) is 1. The van der Waals surface area contributed by atoms with Gasteiger partial charge in [-0.05, 0) is 23.4 Å². The molecule has 0 saturated heterocycles. The lowest BCUT2D eigenvalue weighted by Gasteiger charge is -2.08. The van der Waals surface area contributed by atoms with Crippen molar-refractivity contribution in [3.8, 4) is 5.75 Å². The number of hydrogen-bond donors (Lipinski definition) is 0. The van der Waals surface area contributed by atoms with Crippen LogP contribution in [0.25, 0.3) is 0 Å². The van der Waals surface area contributed by atoms with Gasteiger partial charge in [0.2, 0.25) is 0 Å². The number of halogens is 1. The smallest absolute Gasteiger partial charge is 0.176 e. The summed E-state index contributed by atoms with van der Waals surface area (Å²) in [5.74, 6) is 1.09. The molecular weight excluding hydrogens is 244 g/mol. The van der Waals surface area contributed by atoms with Crippen molar-refractivity contribution in [1.82, 2.24) is 0 Å². The van der Waals surface area contributed by atoms with E-state index in [1.807, 2.05) is 0 Å². The van der Waals surface area contributed by atoms with E-state index in [-0.39, 0.29) is 5.78 Å². The number of thioether (sulfide) groups is 1. The minimum atomic E-state index is 0.0537. The van der Waals surface area contributed by atoms with E-state index in [4.69, 9.17) is 16.3 Å². The van der Waals surface area contributed by atoms with Gasteiger partial charge in [-0.15, -0.1) is 0 Å².